The minimum Gasteiger partial charge on any atom is -0.373 e. The highest BCUT2D eigenvalue weighted by Gasteiger charge is 2.33. The topological polar surface area (TPSA) is 68.7 Å². The van der Waals surface area contributed by atoms with Gasteiger partial charge in [-0.25, -0.2) is 4.98 Å². The number of halogens is 2. The SMILES string of the molecule is CN(C)C1=C(C#N)C(=N)n2c1nc(Cl)c2Cl. The first-order valence-electron chi connectivity index (χ1n) is 4.34. The van der Waals surface area contributed by atoms with Gasteiger partial charge in [-0.05, 0) is 0 Å². The fourth-order valence-electron chi connectivity index (χ4n) is 1.60. The Morgan fingerprint density at radius 3 is 2.56 bits per heavy atom. The number of rotatable bonds is 1. The largest absolute Gasteiger partial charge is 0.373 e. The molecule has 1 aliphatic heterocycles. The second-order valence-corrected chi connectivity index (χ2v) is 4.15. The molecule has 7 heteroatoms. The van der Waals surface area contributed by atoms with E-state index in [1.807, 2.05) is 6.07 Å². The molecule has 1 N–H and O–H groups in total. The molecular formula is C9H7Cl2N5. The van der Waals surface area contributed by atoms with Crippen LogP contribution in [0, 0.1) is 16.7 Å². The molecule has 2 rings (SSSR count). The quantitative estimate of drug-likeness (QED) is 0.833. The van der Waals surface area contributed by atoms with E-state index in [0.717, 1.165) is 0 Å². The highest BCUT2D eigenvalue weighted by atomic mass is 35.5. The zero-order chi connectivity index (χ0) is 12.0. The molecule has 0 aliphatic carbocycles. The molecule has 0 amide bonds. The van der Waals surface area contributed by atoms with Crippen molar-refractivity contribution < 1.29 is 0 Å². The summed E-state index contributed by atoms with van der Waals surface area (Å²) in [5.74, 6) is 0.437. The van der Waals surface area contributed by atoms with E-state index in [1.54, 1.807) is 19.0 Å². The van der Waals surface area contributed by atoms with Crippen LogP contribution in [0.25, 0.3) is 5.70 Å². The third-order valence-corrected chi connectivity index (χ3v) is 2.96. The van der Waals surface area contributed by atoms with Gasteiger partial charge in [0.25, 0.3) is 0 Å². The van der Waals surface area contributed by atoms with E-state index in [2.05, 4.69) is 4.98 Å². The molecule has 0 saturated carbocycles. The molecule has 0 atom stereocenters. The van der Waals surface area contributed by atoms with E-state index < -0.39 is 0 Å². The van der Waals surface area contributed by atoms with Gasteiger partial charge >= 0.3 is 0 Å². The zero-order valence-electron chi connectivity index (χ0n) is 8.54. The van der Waals surface area contributed by atoms with Crippen LogP contribution in [0.15, 0.2) is 5.57 Å². The fourth-order valence-corrected chi connectivity index (χ4v) is 1.97. The summed E-state index contributed by atoms with van der Waals surface area (Å²) in [5.41, 5.74) is 0.798. The van der Waals surface area contributed by atoms with Crippen molar-refractivity contribution in [2.45, 2.75) is 0 Å². The smallest absolute Gasteiger partial charge is 0.167 e. The van der Waals surface area contributed by atoms with Crippen molar-refractivity contribution in [2.75, 3.05) is 14.1 Å². The molecular weight excluding hydrogens is 249 g/mol. The van der Waals surface area contributed by atoms with Crippen molar-refractivity contribution in [3.63, 3.8) is 0 Å². The first-order valence-corrected chi connectivity index (χ1v) is 5.09. The van der Waals surface area contributed by atoms with E-state index >= 15 is 0 Å². The average Bonchev–Trinajstić information content (AvgIpc) is 2.64. The predicted molar refractivity (Wildman–Crippen MR) is 61.6 cm³/mol. The summed E-state index contributed by atoms with van der Waals surface area (Å²) in [6.07, 6.45) is 0. The minimum absolute atomic E-state index is 0.00519. The Balaban J connectivity index is 2.77. The first kappa shape index (κ1) is 11.0. The van der Waals surface area contributed by atoms with Gasteiger partial charge in [0.15, 0.2) is 22.0 Å². The number of nitriles is 1. The van der Waals surface area contributed by atoms with Crippen molar-refractivity contribution in [3.8, 4) is 6.07 Å². The van der Waals surface area contributed by atoms with Gasteiger partial charge in [-0.3, -0.25) is 9.98 Å². The fraction of sp³-hybridized carbons (Fsp3) is 0.222. The van der Waals surface area contributed by atoms with Gasteiger partial charge in [0.05, 0.1) is 0 Å². The van der Waals surface area contributed by atoms with Crippen LogP contribution < -0.4 is 0 Å². The second kappa shape index (κ2) is 3.51. The summed E-state index contributed by atoms with van der Waals surface area (Å²) in [6.45, 7) is 0. The Labute approximate surface area is 102 Å². The monoisotopic (exact) mass is 255 g/mol. The summed E-state index contributed by atoms with van der Waals surface area (Å²) in [4.78, 5) is 5.76. The van der Waals surface area contributed by atoms with Crippen LogP contribution in [-0.2, 0) is 0 Å². The van der Waals surface area contributed by atoms with E-state index in [4.69, 9.17) is 33.9 Å². The van der Waals surface area contributed by atoms with Gasteiger partial charge in [-0.15, -0.1) is 0 Å². The number of hydrogen-bond donors (Lipinski definition) is 1. The number of fused-ring (bicyclic) bond motifs is 1. The molecule has 1 aromatic rings. The standard InChI is InChI=1S/C9H7Cl2N5/c1-15(2)5-4(3-12)8(13)16-7(11)6(10)14-9(5)16/h13H,1-2H3. The number of hydrogen-bond acceptors (Lipinski definition) is 4. The molecule has 16 heavy (non-hydrogen) atoms. The number of nitrogens with one attached hydrogen (secondary N) is 1. The third kappa shape index (κ3) is 1.24. The van der Waals surface area contributed by atoms with Crippen LogP contribution in [0.4, 0.5) is 0 Å². The van der Waals surface area contributed by atoms with E-state index in [0.29, 0.717) is 11.5 Å². The normalized spacial score (nSPS) is 14.1. The maximum atomic E-state index is 9.01. The molecule has 5 nitrogen and oxygen atoms in total. The van der Waals surface area contributed by atoms with Crippen LogP contribution in [-0.4, -0.2) is 34.4 Å². The van der Waals surface area contributed by atoms with Crippen LogP contribution in [0.2, 0.25) is 10.3 Å². The average molecular weight is 256 g/mol. The summed E-state index contributed by atoms with van der Waals surface area (Å²) in [6, 6.07) is 1.98. The highest BCUT2D eigenvalue weighted by Crippen LogP contribution is 2.34. The van der Waals surface area contributed by atoms with Crippen molar-refractivity contribution in [3.05, 3.63) is 21.7 Å². The van der Waals surface area contributed by atoms with Crippen LogP contribution in [0.5, 0.6) is 0 Å². The van der Waals surface area contributed by atoms with Crippen molar-refractivity contribution in [2.24, 2.45) is 0 Å². The van der Waals surface area contributed by atoms with Crippen molar-refractivity contribution >= 4 is 34.7 Å². The number of nitrogens with zero attached hydrogens (tertiary/aromatic N) is 4. The number of imidazole rings is 1. The molecule has 0 spiro atoms. The molecule has 1 aliphatic rings. The number of allylic oxidation sites excluding steroid dienone is 1. The van der Waals surface area contributed by atoms with Crippen molar-refractivity contribution in [1.29, 1.82) is 10.7 Å². The summed E-state index contributed by atoms with van der Waals surface area (Å²) in [7, 11) is 3.54. The Kier molecular flexibility index (Phi) is 2.41. The lowest BCUT2D eigenvalue weighted by Crippen LogP contribution is -2.11. The van der Waals surface area contributed by atoms with Gasteiger partial charge in [0.2, 0.25) is 0 Å². The lowest BCUT2D eigenvalue weighted by molar-refractivity contribution is 0.586. The Hall–Kier alpha value is -1.51. The van der Waals surface area contributed by atoms with Crippen LogP contribution >= 0.6 is 23.2 Å². The predicted octanol–water partition coefficient (Wildman–Crippen LogP) is 1.83. The van der Waals surface area contributed by atoms with Gasteiger partial charge < -0.3 is 4.90 Å². The van der Waals surface area contributed by atoms with Gasteiger partial charge in [0.1, 0.15) is 17.3 Å². The summed E-state index contributed by atoms with van der Waals surface area (Å²) >= 11 is 11.7. The molecule has 0 bridgehead atoms. The molecule has 0 unspecified atom stereocenters. The Morgan fingerprint density at radius 1 is 1.44 bits per heavy atom. The maximum Gasteiger partial charge on any atom is 0.167 e. The molecule has 0 saturated heterocycles. The summed E-state index contributed by atoms with van der Waals surface area (Å²) < 4.78 is 1.36. The molecule has 0 aromatic carbocycles. The minimum atomic E-state index is 0.00519. The molecule has 1 aromatic heterocycles. The second-order valence-electron chi connectivity index (χ2n) is 3.43. The lowest BCUT2D eigenvalue weighted by Gasteiger charge is -2.12. The number of aromatic nitrogens is 2. The third-order valence-electron chi connectivity index (χ3n) is 2.25. The van der Waals surface area contributed by atoms with E-state index in [9.17, 15) is 0 Å². The maximum absolute atomic E-state index is 9.01. The highest BCUT2D eigenvalue weighted by molar-refractivity contribution is 6.42. The van der Waals surface area contributed by atoms with Crippen LogP contribution in [0.3, 0.4) is 0 Å². The van der Waals surface area contributed by atoms with Crippen LogP contribution in [0.1, 0.15) is 5.82 Å². The van der Waals surface area contributed by atoms with Gasteiger partial charge in [-0.1, -0.05) is 23.2 Å². The van der Waals surface area contributed by atoms with E-state index in [-0.39, 0.29) is 21.7 Å². The molecule has 2 heterocycles. The van der Waals surface area contributed by atoms with Gasteiger partial charge in [0, 0.05) is 14.1 Å². The van der Waals surface area contributed by atoms with E-state index in [1.165, 1.54) is 4.57 Å². The molecule has 0 radical (unpaired) electrons. The zero-order valence-corrected chi connectivity index (χ0v) is 10.1. The summed E-state index contributed by atoms with van der Waals surface area (Å²) in [5, 5.41) is 17.1. The Morgan fingerprint density at radius 2 is 2.06 bits per heavy atom. The molecule has 0 fully saturated rings. The lowest BCUT2D eigenvalue weighted by atomic mass is 10.2. The first-order chi connectivity index (χ1) is 7.49. The molecule has 82 valence electrons. The van der Waals surface area contributed by atoms with Gasteiger partial charge in [-0.2, -0.15) is 5.26 Å². The van der Waals surface area contributed by atoms with Crippen molar-refractivity contribution in [1.82, 2.24) is 14.5 Å². The Bertz CT molecular complexity index is 561.